The molecule has 0 saturated heterocycles. The van der Waals surface area contributed by atoms with E-state index in [1.54, 1.807) is 30.3 Å². The van der Waals surface area contributed by atoms with Crippen LogP contribution in [0.3, 0.4) is 0 Å². The molecule has 1 heterocycles. The Morgan fingerprint density at radius 3 is 2.52 bits per heavy atom. The summed E-state index contributed by atoms with van der Waals surface area (Å²) in [4.78, 5) is 0. The smallest absolute Gasteiger partial charge is 0.230 e. The van der Waals surface area contributed by atoms with E-state index in [0.717, 1.165) is 0 Å². The lowest BCUT2D eigenvalue weighted by Gasteiger charge is -2.06. The van der Waals surface area contributed by atoms with Gasteiger partial charge in [-0.2, -0.15) is 0 Å². The number of hydrogen-bond acceptors (Lipinski definition) is 3. The molecule has 106 valence electrons. The highest BCUT2D eigenvalue weighted by Gasteiger charge is 2.22. The summed E-state index contributed by atoms with van der Waals surface area (Å²) in [5, 5.41) is 4.66. The Morgan fingerprint density at radius 2 is 1.81 bits per heavy atom. The van der Waals surface area contributed by atoms with Crippen LogP contribution >= 0.6 is 23.2 Å². The number of nitrogens with two attached hydrogens (primary N) is 1. The summed E-state index contributed by atoms with van der Waals surface area (Å²) in [6.45, 7) is 0. The van der Waals surface area contributed by atoms with Crippen LogP contribution in [-0.4, -0.2) is 5.16 Å². The maximum absolute atomic E-state index is 14.1. The van der Waals surface area contributed by atoms with Crippen molar-refractivity contribution in [1.82, 2.24) is 5.16 Å². The molecule has 0 atom stereocenters. The highest BCUT2D eigenvalue weighted by atomic mass is 35.5. The Hall–Kier alpha value is -2.04. The molecule has 3 nitrogen and oxygen atoms in total. The van der Waals surface area contributed by atoms with Crippen molar-refractivity contribution in [1.29, 1.82) is 0 Å². The minimum Gasteiger partial charge on any atom is -0.367 e. The van der Waals surface area contributed by atoms with E-state index >= 15 is 0 Å². The zero-order valence-corrected chi connectivity index (χ0v) is 12.1. The summed E-state index contributed by atoms with van der Waals surface area (Å²) < 4.78 is 19.1. The Balaban J connectivity index is 2.28. The average Bonchev–Trinajstić information content (AvgIpc) is 2.81. The average molecular weight is 323 g/mol. The molecule has 0 radical (unpaired) electrons. The molecule has 0 fully saturated rings. The van der Waals surface area contributed by atoms with E-state index < -0.39 is 5.82 Å². The molecular weight excluding hydrogens is 314 g/mol. The standard InChI is InChI=1S/C15H9Cl2FN2O/c16-9-4-1-3-8(7-9)14-13(15(19)21-20-14)12-10(17)5-2-6-11(12)18/h1-7H,19H2. The van der Waals surface area contributed by atoms with Gasteiger partial charge in [0.15, 0.2) is 0 Å². The number of hydrogen-bond donors (Lipinski definition) is 1. The Morgan fingerprint density at radius 1 is 1.05 bits per heavy atom. The van der Waals surface area contributed by atoms with Gasteiger partial charge < -0.3 is 10.3 Å². The predicted molar refractivity (Wildman–Crippen MR) is 81.8 cm³/mol. The van der Waals surface area contributed by atoms with E-state index in [4.69, 9.17) is 33.5 Å². The van der Waals surface area contributed by atoms with E-state index in [9.17, 15) is 4.39 Å². The summed E-state index contributed by atoms with van der Waals surface area (Å²) in [6.07, 6.45) is 0. The van der Waals surface area contributed by atoms with Crippen molar-refractivity contribution in [3.05, 3.63) is 58.3 Å². The van der Waals surface area contributed by atoms with E-state index in [0.29, 0.717) is 21.8 Å². The van der Waals surface area contributed by atoms with Crippen LogP contribution in [0.1, 0.15) is 0 Å². The minimum atomic E-state index is -0.499. The Labute approximate surface area is 130 Å². The Kier molecular flexibility index (Phi) is 3.57. The van der Waals surface area contributed by atoms with Crippen LogP contribution in [0.4, 0.5) is 10.3 Å². The number of halogens is 3. The van der Waals surface area contributed by atoms with Gasteiger partial charge >= 0.3 is 0 Å². The summed E-state index contributed by atoms with van der Waals surface area (Å²) in [7, 11) is 0. The Bertz CT molecular complexity index is 797. The summed E-state index contributed by atoms with van der Waals surface area (Å²) in [6, 6.07) is 11.4. The fraction of sp³-hybridized carbons (Fsp3) is 0. The normalized spacial score (nSPS) is 10.8. The first-order valence-corrected chi connectivity index (χ1v) is 6.79. The third-order valence-electron chi connectivity index (χ3n) is 3.03. The molecule has 21 heavy (non-hydrogen) atoms. The van der Waals surface area contributed by atoms with Gasteiger partial charge in [0.25, 0.3) is 0 Å². The fourth-order valence-electron chi connectivity index (χ4n) is 2.11. The second-order valence-corrected chi connectivity index (χ2v) is 5.22. The van der Waals surface area contributed by atoms with Crippen molar-refractivity contribution in [3.8, 4) is 22.4 Å². The van der Waals surface area contributed by atoms with E-state index in [1.807, 2.05) is 0 Å². The SMILES string of the molecule is Nc1onc(-c2cccc(Cl)c2)c1-c1c(F)cccc1Cl. The highest BCUT2D eigenvalue weighted by molar-refractivity contribution is 6.33. The van der Waals surface area contributed by atoms with Crippen molar-refractivity contribution in [3.63, 3.8) is 0 Å². The topological polar surface area (TPSA) is 52.0 Å². The van der Waals surface area contributed by atoms with Gasteiger partial charge in [0, 0.05) is 16.1 Å². The molecule has 0 spiro atoms. The molecule has 2 aromatic carbocycles. The first-order valence-electron chi connectivity index (χ1n) is 6.03. The first-order chi connectivity index (χ1) is 10.1. The number of nitrogen functional groups attached to an aromatic ring is 1. The van der Waals surface area contributed by atoms with Crippen LogP contribution in [0.25, 0.3) is 22.4 Å². The van der Waals surface area contributed by atoms with Crippen molar-refractivity contribution >= 4 is 29.1 Å². The van der Waals surface area contributed by atoms with Crippen LogP contribution in [0.2, 0.25) is 10.0 Å². The summed E-state index contributed by atoms with van der Waals surface area (Å²) >= 11 is 12.1. The van der Waals surface area contributed by atoms with Crippen molar-refractivity contribution in [2.24, 2.45) is 0 Å². The third-order valence-corrected chi connectivity index (χ3v) is 3.58. The first kappa shape index (κ1) is 13.9. The maximum Gasteiger partial charge on any atom is 0.230 e. The molecule has 0 aliphatic carbocycles. The number of benzene rings is 2. The van der Waals surface area contributed by atoms with E-state index in [1.165, 1.54) is 12.1 Å². The number of rotatable bonds is 2. The largest absolute Gasteiger partial charge is 0.367 e. The zero-order valence-electron chi connectivity index (χ0n) is 10.6. The third kappa shape index (κ3) is 2.48. The van der Waals surface area contributed by atoms with Gasteiger partial charge in [0.2, 0.25) is 5.88 Å². The van der Waals surface area contributed by atoms with Crippen LogP contribution < -0.4 is 5.73 Å². The molecule has 0 unspecified atom stereocenters. The van der Waals surface area contributed by atoms with Crippen LogP contribution in [0, 0.1) is 5.82 Å². The molecule has 0 amide bonds. The van der Waals surface area contributed by atoms with Crippen molar-refractivity contribution < 1.29 is 8.91 Å². The van der Waals surface area contributed by atoms with Crippen LogP contribution in [0.5, 0.6) is 0 Å². The van der Waals surface area contributed by atoms with E-state index in [2.05, 4.69) is 5.16 Å². The van der Waals surface area contributed by atoms with Gasteiger partial charge in [-0.1, -0.05) is 46.6 Å². The minimum absolute atomic E-state index is 0.00280. The number of anilines is 1. The quantitative estimate of drug-likeness (QED) is 0.719. The molecule has 3 rings (SSSR count). The lowest BCUT2D eigenvalue weighted by molar-refractivity contribution is 0.439. The van der Waals surface area contributed by atoms with E-state index in [-0.39, 0.29) is 16.5 Å². The van der Waals surface area contributed by atoms with Gasteiger partial charge in [-0.05, 0) is 24.3 Å². The lowest BCUT2D eigenvalue weighted by atomic mass is 10.0. The number of aromatic nitrogens is 1. The molecule has 2 N–H and O–H groups in total. The fourth-order valence-corrected chi connectivity index (χ4v) is 2.56. The monoisotopic (exact) mass is 322 g/mol. The van der Waals surface area contributed by atoms with Gasteiger partial charge in [-0.25, -0.2) is 4.39 Å². The zero-order chi connectivity index (χ0) is 15.0. The van der Waals surface area contributed by atoms with Gasteiger partial charge in [-0.3, -0.25) is 0 Å². The second kappa shape index (κ2) is 5.39. The molecule has 0 aliphatic rings. The molecule has 0 saturated carbocycles. The highest BCUT2D eigenvalue weighted by Crippen LogP contribution is 2.41. The predicted octanol–water partition coefficient (Wildman–Crippen LogP) is 5.04. The lowest BCUT2D eigenvalue weighted by Crippen LogP contribution is -1.92. The second-order valence-electron chi connectivity index (χ2n) is 4.38. The molecule has 0 bridgehead atoms. The number of nitrogens with zero attached hydrogens (tertiary/aromatic N) is 1. The molecule has 6 heteroatoms. The van der Waals surface area contributed by atoms with Crippen molar-refractivity contribution in [2.45, 2.75) is 0 Å². The molecule has 1 aromatic heterocycles. The van der Waals surface area contributed by atoms with Crippen molar-refractivity contribution in [2.75, 3.05) is 5.73 Å². The van der Waals surface area contributed by atoms with Crippen LogP contribution in [-0.2, 0) is 0 Å². The van der Waals surface area contributed by atoms with Gasteiger partial charge in [0.1, 0.15) is 11.5 Å². The summed E-state index contributed by atoms with van der Waals surface area (Å²) in [5.74, 6) is -0.502. The molecule has 3 aromatic rings. The maximum atomic E-state index is 14.1. The van der Waals surface area contributed by atoms with Gasteiger partial charge in [0.05, 0.1) is 10.6 Å². The van der Waals surface area contributed by atoms with Gasteiger partial charge in [-0.15, -0.1) is 0 Å². The summed E-state index contributed by atoms with van der Waals surface area (Å²) in [5.41, 5.74) is 7.33. The van der Waals surface area contributed by atoms with Crippen LogP contribution in [0.15, 0.2) is 47.0 Å². The molecule has 0 aliphatic heterocycles. The molecular formula is C15H9Cl2FN2O.